The van der Waals surface area contributed by atoms with Crippen molar-refractivity contribution in [1.82, 2.24) is 10.2 Å². The Morgan fingerprint density at radius 1 is 1.37 bits per heavy atom. The predicted molar refractivity (Wildman–Crippen MR) is 72.3 cm³/mol. The second-order valence-electron chi connectivity index (χ2n) is 6.27. The lowest BCUT2D eigenvalue weighted by Crippen LogP contribution is -2.64. The van der Waals surface area contributed by atoms with Crippen molar-refractivity contribution in [2.75, 3.05) is 18.6 Å². The van der Waals surface area contributed by atoms with Crippen molar-refractivity contribution in [3.63, 3.8) is 0 Å². The van der Waals surface area contributed by atoms with E-state index in [0.717, 1.165) is 6.26 Å². The van der Waals surface area contributed by atoms with E-state index in [1.165, 1.54) is 4.90 Å². The zero-order chi connectivity index (χ0) is 15.0. The van der Waals surface area contributed by atoms with Crippen molar-refractivity contribution >= 4 is 21.7 Å². The third-order valence-electron chi connectivity index (χ3n) is 3.09. The van der Waals surface area contributed by atoms with Crippen LogP contribution in [-0.4, -0.2) is 55.8 Å². The van der Waals surface area contributed by atoms with Crippen LogP contribution in [0.5, 0.6) is 0 Å². The summed E-state index contributed by atoms with van der Waals surface area (Å²) in [5.41, 5.74) is -0.407. The number of carbonyl (C=O) groups is 2. The summed E-state index contributed by atoms with van der Waals surface area (Å²) in [7, 11) is -3.19. The van der Waals surface area contributed by atoms with Crippen molar-refractivity contribution in [2.45, 2.75) is 39.8 Å². The summed E-state index contributed by atoms with van der Waals surface area (Å²) < 4.78 is 22.6. The van der Waals surface area contributed by atoms with Crippen LogP contribution in [0.3, 0.4) is 0 Å². The van der Waals surface area contributed by atoms with Gasteiger partial charge < -0.3 is 10.2 Å². The molecule has 0 saturated carbocycles. The summed E-state index contributed by atoms with van der Waals surface area (Å²) in [5.74, 6) is -0.605. The fraction of sp³-hybridized carbons (Fsp3) is 0.833. The standard InChI is InChI=1S/C12H22N2O4S/c1-8(7-19(5,17)18)14-6-9(15)13-10(11(14)16)12(2,3)4/h8,10H,6-7H2,1-5H3,(H,13,15). The van der Waals surface area contributed by atoms with Crippen molar-refractivity contribution in [2.24, 2.45) is 5.41 Å². The molecule has 0 aromatic carbocycles. The predicted octanol–water partition coefficient (Wildman–Crippen LogP) is -0.207. The van der Waals surface area contributed by atoms with E-state index in [0.29, 0.717) is 0 Å². The molecule has 0 aromatic rings. The number of rotatable bonds is 3. The highest BCUT2D eigenvalue weighted by molar-refractivity contribution is 7.90. The monoisotopic (exact) mass is 290 g/mol. The van der Waals surface area contributed by atoms with Gasteiger partial charge in [0.1, 0.15) is 15.9 Å². The van der Waals surface area contributed by atoms with E-state index in [2.05, 4.69) is 5.32 Å². The van der Waals surface area contributed by atoms with Crippen LogP contribution in [0.4, 0.5) is 0 Å². The molecule has 1 aliphatic rings. The van der Waals surface area contributed by atoms with Crippen LogP contribution in [0.1, 0.15) is 27.7 Å². The van der Waals surface area contributed by atoms with Crippen molar-refractivity contribution in [3.8, 4) is 0 Å². The second kappa shape index (κ2) is 5.11. The van der Waals surface area contributed by atoms with Crippen LogP contribution in [0.2, 0.25) is 0 Å². The molecule has 19 heavy (non-hydrogen) atoms. The summed E-state index contributed by atoms with van der Waals surface area (Å²) in [4.78, 5) is 25.4. The van der Waals surface area contributed by atoms with E-state index < -0.39 is 27.3 Å². The van der Waals surface area contributed by atoms with Crippen molar-refractivity contribution in [3.05, 3.63) is 0 Å². The average molecular weight is 290 g/mol. The summed E-state index contributed by atoms with van der Waals surface area (Å²) in [6.07, 6.45) is 1.12. The summed E-state index contributed by atoms with van der Waals surface area (Å²) >= 11 is 0. The van der Waals surface area contributed by atoms with E-state index in [-0.39, 0.29) is 24.1 Å². The molecule has 0 bridgehead atoms. The number of piperazine rings is 1. The maximum atomic E-state index is 12.4. The highest BCUT2D eigenvalue weighted by Gasteiger charge is 2.41. The summed E-state index contributed by atoms with van der Waals surface area (Å²) in [6, 6.07) is -1.12. The molecule has 7 heteroatoms. The first-order chi connectivity index (χ1) is 8.42. The molecule has 1 rings (SSSR count). The Kier molecular flexibility index (Phi) is 4.29. The molecule has 6 nitrogen and oxygen atoms in total. The Morgan fingerprint density at radius 2 is 1.89 bits per heavy atom. The lowest BCUT2D eigenvalue weighted by molar-refractivity contribution is -0.149. The van der Waals surface area contributed by atoms with Gasteiger partial charge in [-0.15, -0.1) is 0 Å². The number of carbonyl (C=O) groups excluding carboxylic acids is 2. The van der Waals surface area contributed by atoms with Gasteiger partial charge in [-0.05, 0) is 12.3 Å². The molecule has 1 fully saturated rings. The Morgan fingerprint density at radius 3 is 2.32 bits per heavy atom. The number of nitrogens with zero attached hydrogens (tertiary/aromatic N) is 1. The minimum absolute atomic E-state index is 0.0813. The Hall–Kier alpha value is -1.11. The Labute approximate surface area is 114 Å². The highest BCUT2D eigenvalue weighted by Crippen LogP contribution is 2.24. The zero-order valence-electron chi connectivity index (χ0n) is 12.1. The second-order valence-corrected chi connectivity index (χ2v) is 8.46. The summed E-state index contributed by atoms with van der Waals surface area (Å²) in [5, 5.41) is 2.67. The van der Waals surface area contributed by atoms with Gasteiger partial charge in [0.15, 0.2) is 0 Å². The Balaban J connectivity index is 2.95. The third kappa shape index (κ3) is 4.19. The largest absolute Gasteiger partial charge is 0.342 e. The SMILES string of the molecule is CC(CS(C)(=O)=O)N1CC(=O)NC(C(C)(C)C)C1=O. The topological polar surface area (TPSA) is 83.6 Å². The number of sulfone groups is 1. The van der Waals surface area contributed by atoms with Crippen LogP contribution >= 0.6 is 0 Å². The van der Waals surface area contributed by atoms with Crippen LogP contribution in [0, 0.1) is 5.41 Å². The molecule has 0 aliphatic carbocycles. The summed E-state index contributed by atoms with van der Waals surface area (Å²) in [6.45, 7) is 7.15. The molecule has 1 saturated heterocycles. The van der Waals surface area contributed by atoms with Gasteiger partial charge in [-0.2, -0.15) is 0 Å². The van der Waals surface area contributed by atoms with Gasteiger partial charge in [-0.3, -0.25) is 9.59 Å². The lowest BCUT2D eigenvalue weighted by atomic mass is 9.84. The quantitative estimate of drug-likeness (QED) is 0.780. The fourth-order valence-corrected chi connectivity index (χ4v) is 3.21. The van der Waals surface area contributed by atoms with E-state index >= 15 is 0 Å². The first-order valence-electron chi connectivity index (χ1n) is 6.19. The van der Waals surface area contributed by atoms with Gasteiger partial charge >= 0.3 is 0 Å². The first-order valence-corrected chi connectivity index (χ1v) is 8.25. The maximum absolute atomic E-state index is 12.4. The van der Waals surface area contributed by atoms with E-state index in [4.69, 9.17) is 0 Å². The zero-order valence-corrected chi connectivity index (χ0v) is 12.9. The fourth-order valence-electron chi connectivity index (χ4n) is 2.15. The number of hydrogen-bond donors (Lipinski definition) is 1. The van der Waals surface area contributed by atoms with E-state index in [1.807, 2.05) is 20.8 Å². The number of nitrogens with one attached hydrogen (secondary N) is 1. The molecule has 1 N–H and O–H groups in total. The van der Waals surface area contributed by atoms with Gasteiger partial charge in [0.2, 0.25) is 11.8 Å². The minimum atomic E-state index is -3.19. The minimum Gasteiger partial charge on any atom is -0.342 e. The maximum Gasteiger partial charge on any atom is 0.246 e. The molecule has 0 aromatic heterocycles. The smallest absolute Gasteiger partial charge is 0.246 e. The third-order valence-corrected chi connectivity index (χ3v) is 4.18. The molecule has 1 aliphatic heterocycles. The van der Waals surface area contributed by atoms with Gasteiger partial charge in [-0.1, -0.05) is 20.8 Å². The van der Waals surface area contributed by atoms with Crippen molar-refractivity contribution < 1.29 is 18.0 Å². The highest BCUT2D eigenvalue weighted by atomic mass is 32.2. The molecule has 2 unspecified atom stereocenters. The number of hydrogen-bond acceptors (Lipinski definition) is 4. The molecular formula is C12H22N2O4S. The van der Waals surface area contributed by atoms with Gasteiger partial charge in [-0.25, -0.2) is 8.42 Å². The molecule has 2 atom stereocenters. The van der Waals surface area contributed by atoms with Crippen LogP contribution in [-0.2, 0) is 19.4 Å². The lowest BCUT2D eigenvalue weighted by Gasteiger charge is -2.41. The average Bonchev–Trinajstić information content (AvgIpc) is 2.16. The van der Waals surface area contributed by atoms with Crippen LogP contribution in [0.15, 0.2) is 0 Å². The molecule has 1 heterocycles. The van der Waals surface area contributed by atoms with Gasteiger partial charge in [0.25, 0.3) is 0 Å². The normalized spacial score (nSPS) is 23.2. The van der Waals surface area contributed by atoms with E-state index in [1.54, 1.807) is 6.92 Å². The Bertz CT molecular complexity index is 478. The van der Waals surface area contributed by atoms with Crippen LogP contribution < -0.4 is 5.32 Å². The van der Waals surface area contributed by atoms with E-state index in [9.17, 15) is 18.0 Å². The molecule has 2 amide bonds. The van der Waals surface area contributed by atoms with Crippen LogP contribution in [0.25, 0.3) is 0 Å². The number of amides is 2. The molecule has 110 valence electrons. The first kappa shape index (κ1) is 15.9. The van der Waals surface area contributed by atoms with Crippen molar-refractivity contribution in [1.29, 1.82) is 0 Å². The van der Waals surface area contributed by atoms with Gasteiger partial charge in [0, 0.05) is 12.3 Å². The van der Waals surface area contributed by atoms with Gasteiger partial charge in [0.05, 0.1) is 12.3 Å². The molecule has 0 spiro atoms. The molecular weight excluding hydrogens is 268 g/mol. The molecule has 0 radical (unpaired) electrons.